The van der Waals surface area contributed by atoms with E-state index in [4.69, 9.17) is 4.74 Å². The first-order chi connectivity index (χ1) is 15.3. The molecular weight excluding hydrogens is 443 g/mol. The van der Waals surface area contributed by atoms with Crippen LogP contribution in [-0.4, -0.2) is 15.0 Å². The van der Waals surface area contributed by atoms with Crippen molar-refractivity contribution in [3.63, 3.8) is 0 Å². The Balaban J connectivity index is 1.78. The monoisotopic (exact) mass is 461 g/mol. The fourth-order valence-corrected chi connectivity index (χ4v) is 4.73. The zero-order chi connectivity index (χ0) is 22.9. The first-order valence-corrected chi connectivity index (χ1v) is 11.1. The van der Waals surface area contributed by atoms with Crippen molar-refractivity contribution < 1.29 is 31.1 Å². The van der Waals surface area contributed by atoms with Gasteiger partial charge in [-0.2, -0.15) is 8.78 Å². The van der Waals surface area contributed by atoms with Crippen LogP contribution < -0.4 is 14.2 Å². The minimum atomic E-state index is -4.19. The van der Waals surface area contributed by atoms with E-state index in [1.807, 2.05) is 0 Å². The molecule has 3 aromatic carbocycles. The average Bonchev–Trinajstić information content (AvgIpc) is 2.73. The van der Waals surface area contributed by atoms with Crippen molar-refractivity contribution in [1.82, 2.24) is 0 Å². The third kappa shape index (κ3) is 4.16. The summed E-state index contributed by atoms with van der Waals surface area (Å²) in [5.41, 5.74) is 1.62. The SMILES string of the molecule is C=CCC1Oc2cccc(OC(F)F)c2-c2ccc(NS(=O)(=O)c3ccccc3F)cc21. The van der Waals surface area contributed by atoms with Crippen LogP contribution >= 0.6 is 0 Å². The van der Waals surface area contributed by atoms with Crippen LogP contribution in [-0.2, 0) is 10.0 Å². The van der Waals surface area contributed by atoms with Gasteiger partial charge in [0.2, 0.25) is 0 Å². The normalized spacial score (nSPS) is 14.8. The second-order valence-electron chi connectivity index (χ2n) is 6.98. The molecule has 1 atom stereocenters. The minimum absolute atomic E-state index is 0.0597. The van der Waals surface area contributed by atoms with Crippen molar-refractivity contribution in [2.24, 2.45) is 0 Å². The highest BCUT2D eigenvalue weighted by atomic mass is 32.2. The number of fused-ring (bicyclic) bond motifs is 3. The molecule has 3 aromatic rings. The molecule has 0 aromatic heterocycles. The van der Waals surface area contributed by atoms with Crippen LogP contribution in [0.1, 0.15) is 18.1 Å². The zero-order valence-electron chi connectivity index (χ0n) is 16.6. The van der Waals surface area contributed by atoms with Crippen molar-refractivity contribution in [2.75, 3.05) is 4.72 Å². The number of nitrogens with one attached hydrogen (secondary N) is 1. The van der Waals surface area contributed by atoms with Gasteiger partial charge in [-0.1, -0.05) is 30.3 Å². The van der Waals surface area contributed by atoms with E-state index in [2.05, 4.69) is 16.0 Å². The van der Waals surface area contributed by atoms with Crippen LogP contribution in [0.2, 0.25) is 0 Å². The number of alkyl halides is 2. The predicted octanol–water partition coefficient (Wildman–Crippen LogP) is 5.90. The number of halogens is 3. The quantitative estimate of drug-likeness (QED) is 0.445. The van der Waals surface area contributed by atoms with Gasteiger partial charge in [0.1, 0.15) is 28.3 Å². The number of benzene rings is 3. The van der Waals surface area contributed by atoms with Crippen molar-refractivity contribution >= 4 is 15.7 Å². The van der Waals surface area contributed by atoms with Gasteiger partial charge in [0.05, 0.1) is 5.56 Å². The van der Waals surface area contributed by atoms with Gasteiger partial charge in [-0.15, -0.1) is 6.58 Å². The van der Waals surface area contributed by atoms with Gasteiger partial charge in [-0.25, -0.2) is 12.8 Å². The lowest BCUT2D eigenvalue weighted by atomic mass is 9.90. The molecule has 0 spiro atoms. The van der Waals surface area contributed by atoms with Crippen molar-refractivity contribution in [3.05, 3.63) is 84.7 Å². The van der Waals surface area contributed by atoms with Gasteiger partial charge in [0.25, 0.3) is 10.0 Å². The summed E-state index contributed by atoms with van der Waals surface area (Å²) in [7, 11) is -4.19. The molecule has 5 nitrogen and oxygen atoms in total. The van der Waals surface area contributed by atoms with E-state index < -0.39 is 33.5 Å². The largest absolute Gasteiger partial charge is 0.485 e. The van der Waals surface area contributed by atoms with Crippen LogP contribution in [0.3, 0.4) is 0 Å². The van der Waals surface area contributed by atoms with E-state index in [0.29, 0.717) is 28.9 Å². The Labute approximate surface area is 183 Å². The molecule has 166 valence electrons. The maximum Gasteiger partial charge on any atom is 0.387 e. The molecule has 0 aliphatic carbocycles. The molecule has 1 heterocycles. The highest BCUT2D eigenvalue weighted by molar-refractivity contribution is 7.92. The molecule has 1 aliphatic rings. The van der Waals surface area contributed by atoms with E-state index in [0.717, 1.165) is 12.1 Å². The van der Waals surface area contributed by atoms with E-state index >= 15 is 0 Å². The molecule has 0 amide bonds. The number of hydrogen-bond donors (Lipinski definition) is 1. The van der Waals surface area contributed by atoms with E-state index in [1.54, 1.807) is 24.3 Å². The molecule has 32 heavy (non-hydrogen) atoms. The average molecular weight is 461 g/mol. The Bertz CT molecular complexity index is 1280. The van der Waals surface area contributed by atoms with Crippen LogP contribution in [0.25, 0.3) is 11.1 Å². The van der Waals surface area contributed by atoms with Gasteiger partial charge in [0, 0.05) is 17.7 Å². The Kier molecular flexibility index (Phi) is 5.84. The number of anilines is 1. The molecule has 1 aliphatic heterocycles. The second-order valence-corrected chi connectivity index (χ2v) is 8.63. The van der Waals surface area contributed by atoms with Crippen LogP contribution in [0.5, 0.6) is 11.5 Å². The van der Waals surface area contributed by atoms with Crippen molar-refractivity contribution in [1.29, 1.82) is 0 Å². The fourth-order valence-electron chi connectivity index (χ4n) is 3.61. The van der Waals surface area contributed by atoms with E-state index in [9.17, 15) is 21.6 Å². The number of ether oxygens (including phenoxy) is 2. The fraction of sp³-hybridized carbons (Fsp3) is 0.130. The number of rotatable bonds is 7. The number of sulfonamides is 1. The Morgan fingerprint density at radius 3 is 2.62 bits per heavy atom. The van der Waals surface area contributed by atoms with Crippen molar-refractivity contribution in [2.45, 2.75) is 24.0 Å². The lowest BCUT2D eigenvalue weighted by molar-refractivity contribution is -0.0496. The smallest absolute Gasteiger partial charge is 0.387 e. The molecule has 1 unspecified atom stereocenters. The molecule has 4 rings (SSSR count). The van der Waals surface area contributed by atoms with Gasteiger partial charge >= 0.3 is 6.61 Å². The summed E-state index contributed by atoms with van der Waals surface area (Å²) in [5, 5.41) is 0. The molecule has 0 radical (unpaired) electrons. The topological polar surface area (TPSA) is 64.6 Å². The lowest BCUT2D eigenvalue weighted by Gasteiger charge is -2.30. The summed E-state index contributed by atoms with van der Waals surface area (Å²) in [4.78, 5) is -0.491. The first kappa shape index (κ1) is 21.8. The molecule has 0 saturated heterocycles. The molecule has 0 bridgehead atoms. The van der Waals surface area contributed by atoms with Crippen LogP contribution in [0.4, 0.5) is 18.9 Å². The molecular formula is C23H18F3NO4S. The zero-order valence-corrected chi connectivity index (χ0v) is 17.4. The van der Waals surface area contributed by atoms with Crippen LogP contribution in [0, 0.1) is 5.82 Å². The Morgan fingerprint density at radius 1 is 1.12 bits per heavy atom. The molecule has 0 fully saturated rings. The Morgan fingerprint density at radius 2 is 1.91 bits per heavy atom. The van der Waals surface area contributed by atoms with E-state index in [-0.39, 0.29) is 11.4 Å². The minimum Gasteiger partial charge on any atom is -0.485 e. The summed E-state index contributed by atoms with van der Waals surface area (Å²) in [5.74, 6) is -0.578. The summed E-state index contributed by atoms with van der Waals surface area (Å²) in [6.45, 7) is 0.689. The third-order valence-corrected chi connectivity index (χ3v) is 6.31. The van der Waals surface area contributed by atoms with Gasteiger partial charge in [-0.05, 0) is 42.0 Å². The van der Waals surface area contributed by atoms with E-state index in [1.165, 1.54) is 30.3 Å². The first-order valence-electron chi connectivity index (χ1n) is 9.57. The predicted molar refractivity (Wildman–Crippen MR) is 114 cm³/mol. The van der Waals surface area contributed by atoms with Crippen LogP contribution in [0.15, 0.2) is 78.2 Å². The Hall–Kier alpha value is -3.46. The van der Waals surface area contributed by atoms with Gasteiger partial charge < -0.3 is 9.47 Å². The summed E-state index contributed by atoms with van der Waals surface area (Å²) < 4.78 is 78.2. The third-order valence-electron chi connectivity index (χ3n) is 4.90. The molecule has 1 N–H and O–H groups in total. The standard InChI is InChI=1S/C23H18F3NO4S/c1-2-6-18-16-13-14(27-32(28,29)21-10-4-3-7-17(21)24)11-12-15(16)22-19(30-18)8-5-9-20(22)31-23(25)26/h2-5,7-13,18,23,27H,1,6H2. The summed E-state index contributed by atoms with van der Waals surface area (Å²) >= 11 is 0. The van der Waals surface area contributed by atoms with Crippen molar-refractivity contribution in [3.8, 4) is 22.6 Å². The highest BCUT2D eigenvalue weighted by Crippen LogP contribution is 2.49. The maximum absolute atomic E-state index is 14.0. The summed E-state index contributed by atoms with van der Waals surface area (Å²) in [6.07, 6.45) is 1.49. The number of hydrogen-bond acceptors (Lipinski definition) is 4. The van der Waals surface area contributed by atoms with Gasteiger partial charge in [0.15, 0.2) is 0 Å². The van der Waals surface area contributed by atoms with Gasteiger partial charge in [-0.3, -0.25) is 4.72 Å². The highest BCUT2D eigenvalue weighted by Gasteiger charge is 2.29. The second kappa shape index (κ2) is 8.58. The molecule has 0 saturated carbocycles. The lowest BCUT2D eigenvalue weighted by Crippen LogP contribution is -2.17. The summed E-state index contributed by atoms with van der Waals surface area (Å²) in [6, 6.07) is 14.2. The maximum atomic E-state index is 14.0. The molecule has 9 heteroatoms.